The number of likely N-dealkylation sites (tertiary alicyclic amines) is 1. The minimum atomic E-state index is -0.805. The SMILES string of the molecule is CCOC(=O)[C@H]1CCCN(C(=O)[C@@H]2COC3(CCCCC3)N2C(=O)c2ccc(F)cc2)C1. The smallest absolute Gasteiger partial charge is 0.310 e. The topological polar surface area (TPSA) is 76.2 Å². The van der Waals surface area contributed by atoms with Gasteiger partial charge in [-0.15, -0.1) is 0 Å². The van der Waals surface area contributed by atoms with Gasteiger partial charge in [0.25, 0.3) is 5.91 Å². The third-order valence-electron chi connectivity index (χ3n) is 6.84. The maximum Gasteiger partial charge on any atom is 0.310 e. The van der Waals surface area contributed by atoms with E-state index in [1.165, 1.54) is 24.3 Å². The molecule has 7 nitrogen and oxygen atoms in total. The lowest BCUT2D eigenvalue weighted by Gasteiger charge is -2.42. The van der Waals surface area contributed by atoms with Gasteiger partial charge in [0.1, 0.15) is 17.6 Å². The van der Waals surface area contributed by atoms with Crippen molar-refractivity contribution in [3.8, 4) is 0 Å². The molecule has 1 aromatic carbocycles. The van der Waals surface area contributed by atoms with Crippen LogP contribution in [0.15, 0.2) is 24.3 Å². The van der Waals surface area contributed by atoms with Crippen LogP contribution in [0.1, 0.15) is 62.2 Å². The Morgan fingerprint density at radius 2 is 1.84 bits per heavy atom. The number of carbonyl (C=O) groups is 3. The maximum atomic E-state index is 13.6. The number of rotatable bonds is 4. The fourth-order valence-corrected chi connectivity index (χ4v) is 5.23. The summed E-state index contributed by atoms with van der Waals surface area (Å²) in [6.07, 6.45) is 5.65. The monoisotopic (exact) mass is 446 g/mol. The first-order valence-electron chi connectivity index (χ1n) is 11.6. The summed E-state index contributed by atoms with van der Waals surface area (Å²) >= 11 is 0. The molecule has 2 aliphatic heterocycles. The number of ether oxygens (including phenoxy) is 2. The second-order valence-corrected chi connectivity index (χ2v) is 8.89. The first kappa shape index (κ1) is 22.7. The number of nitrogens with zero attached hydrogens (tertiary/aromatic N) is 2. The Labute approximate surface area is 187 Å². The lowest BCUT2D eigenvalue weighted by molar-refractivity contribution is -0.152. The fraction of sp³-hybridized carbons (Fsp3) is 0.625. The van der Waals surface area contributed by atoms with Crippen LogP contribution in [0.3, 0.4) is 0 Å². The van der Waals surface area contributed by atoms with Gasteiger partial charge >= 0.3 is 5.97 Å². The lowest BCUT2D eigenvalue weighted by atomic mass is 9.89. The molecule has 0 radical (unpaired) electrons. The molecule has 2 heterocycles. The van der Waals surface area contributed by atoms with E-state index in [-0.39, 0.29) is 30.3 Å². The van der Waals surface area contributed by atoms with Crippen molar-refractivity contribution >= 4 is 17.8 Å². The molecule has 3 aliphatic rings. The van der Waals surface area contributed by atoms with Crippen molar-refractivity contribution in [1.82, 2.24) is 9.80 Å². The van der Waals surface area contributed by atoms with E-state index in [9.17, 15) is 18.8 Å². The highest BCUT2D eigenvalue weighted by molar-refractivity contribution is 5.98. The van der Waals surface area contributed by atoms with Crippen LogP contribution in [0.4, 0.5) is 4.39 Å². The number of carbonyl (C=O) groups excluding carboxylic acids is 3. The molecule has 8 heteroatoms. The number of benzene rings is 1. The second-order valence-electron chi connectivity index (χ2n) is 8.89. The quantitative estimate of drug-likeness (QED) is 0.665. The summed E-state index contributed by atoms with van der Waals surface area (Å²) in [6.45, 7) is 3.03. The summed E-state index contributed by atoms with van der Waals surface area (Å²) in [4.78, 5) is 42.7. The zero-order valence-corrected chi connectivity index (χ0v) is 18.6. The molecule has 174 valence electrons. The van der Waals surface area contributed by atoms with Crippen molar-refractivity contribution in [2.75, 3.05) is 26.3 Å². The van der Waals surface area contributed by atoms with Gasteiger partial charge in [-0.1, -0.05) is 6.42 Å². The van der Waals surface area contributed by atoms with Crippen LogP contribution in [-0.2, 0) is 19.1 Å². The third-order valence-corrected chi connectivity index (χ3v) is 6.84. The van der Waals surface area contributed by atoms with Crippen LogP contribution < -0.4 is 0 Å². The molecular formula is C24H31FN2O5. The van der Waals surface area contributed by atoms with Crippen LogP contribution in [0.5, 0.6) is 0 Å². The number of halogens is 1. The lowest BCUT2D eigenvalue weighted by Crippen LogP contribution is -2.58. The van der Waals surface area contributed by atoms with Crippen molar-refractivity contribution in [2.45, 2.75) is 63.6 Å². The van der Waals surface area contributed by atoms with Gasteiger partial charge < -0.3 is 14.4 Å². The number of amides is 2. The van der Waals surface area contributed by atoms with Crippen molar-refractivity contribution in [1.29, 1.82) is 0 Å². The van der Waals surface area contributed by atoms with Gasteiger partial charge in [-0.2, -0.15) is 0 Å². The van der Waals surface area contributed by atoms with Gasteiger partial charge in [-0.3, -0.25) is 19.3 Å². The van der Waals surface area contributed by atoms with E-state index >= 15 is 0 Å². The average molecular weight is 447 g/mol. The zero-order valence-electron chi connectivity index (χ0n) is 18.6. The van der Waals surface area contributed by atoms with E-state index in [0.717, 1.165) is 19.3 Å². The molecule has 3 fully saturated rings. The summed E-state index contributed by atoms with van der Waals surface area (Å²) in [5.41, 5.74) is -0.469. The van der Waals surface area contributed by atoms with Gasteiger partial charge in [0.2, 0.25) is 5.91 Å². The van der Waals surface area contributed by atoms with Crippen molar-refractivity contribution < 1.29 is 28.2 Å². The number of piperidine rings is 1. The molecule has 4 rings (SSSR count). The van der Waals surface area contributed by atoms with E-state index < -0.39 is 17.6 Å². The predicted octanol–water partition coefficient (Wildman–Crippen LogP) is 3.13. The molecular weight excluding hydrogens is 415 g/mol. The summed E-state index contributed by atoms with van der Waals surface area (Å²) in [7, 11) is 0. The minimum absolute atomic E-state index is 0.131. The third kappa shape index (κ3) is 4.37. The standard InChI is InChI=1S/C24H31FN2O5/c1-2-31-23(30)18-7-6-14-26(15-18)22(29)20-16-32-24(12-4-3-5-13-24)27(20)21(28)17-8-10-19(25)11-9-17/h8-11,18,20H,2-7,12-16H2,1H3/t18-,20-/m0/s1. The van der Waals surface area contributed by atoms with Gasteiger partial charge in [0, 0.05) is 18.7 Å². The van der Waals surface area contributed by atoms with Crippen molar-refractivity contribution in [3.05, 3.63) is 35.6 Å². The minimum Gasteiger partial charge on any atom is -0.466 e. The van der Waals surface area contributed by atoms with Crippen LogP contribution in [-0.4, -0.2) is 65.7 Å². The molecule has 1 aromatic rings. The van der Waals surface area contributed by atoms with E-state index in [0.29, 0.717) is 50.9 Å². The summed E-state index contributed by atoms with van der Waals surface area (Å²) in [6, 6.07) is 4.65. The van der Waals surface area contributed by atoms with Crippen LogP contribution >= 0.6 is 0 Å². The van der Waals surface area contributed by atoms with Gasteiger partial charge in [-0.25, -0.2) is 4.39 Å². The van der Waals surface area contributed by atoms with Crippen molar-refractivity contribution in [3.63, 3.8) is 0 Å². The summed E-state index contributed by atoms with van der Waals surface area (Å²) in [5.74, 6) is -1.56. The van der Waals surface area contributed by atoms with E-state index in [4.69, 9.17) is 9.47 Å². The molecule has 2 atom stereocenters. The molecule has 2 saturated heterocycles. The average Bonchev–Trinajstić information content (AvgIpc) is 3.17. The molecule has 1 aliphatic carbocycles. The first-order chi connectivity index (χ1) is 15.4. The number of hydrogen-bond donors (Lipinski definition) is 0. The Morgan fingerprint density at radius 1 is 1.12 bits per heavy atom. The van der Waals surface area contributed by atoms with Crippen LogP contribution in [0.2, 0.25) is 0 Å². The normalized spacial score (nSPS) is 25.1. The number of hydrogen-bond acceptors (Lipinski definition) is 5. The van der Waals surface area contributed by atoms with Gasteiger partial charge in [-0.05, 0) is 69.7 Å². The van der Waals surface area contributed by atoms with Gasteiger partial charge in [0.05, 0.1) is 19.1 Å². The molecule has 1 spiro atoms. The Hall–Kier alpha value is -2.48. The van der Waals surface area contributed by atoms with Crippen LogP contribution in [0, 0.1) is 11.7 Å². The van der Waals surface area contributed by atoms with E-state index in [1.807, 2.05) is 0 Å². The highest BCUT2D eigenvalue weighted by atomic mass is 19.1. The Kier molecular flexibility index (Phi) is 6.79. The molecule has 2 amide bonds. The highest BCUT2D eigenvalue weighted by Gasteiger charge is 2.54. The maximum absolute atomic E-state index is 13.6. The predicted molar refractivity (Wildman–Crippen MR) is 114 cm³/mol. The highest BCUT2D eigenvalue weighted by Crippen LogP contribution is 2.42. The van der Waals surface area contributed by atoms with E-state index in [2.05, 4.69) is 0 Å². The molecule has 1 saturated carbocycles. The summed E-state index contributed by atoms with van der Waals surface area (Å²) < 4.78 is 24.8. The van der Waals surface area contributed by atoms with Crippen LogP contribution in [0.25, 0.3) is 0 Å². The molecule has 32 heavy (non-hydrogen) atoms. The first-order valence-corrected chi connectivity index (χ1v) is 11.6. The van der Waals surface area contributed by atoms with Gasteiger partial charge in [0.15, 0.2) is 0 Å². The molecule has 0 N–H and O–H groups in total. The Balaban J connectivity index is 1.58. The summed E-state index contributed by atoms with van der Waals surface area (Å²) in [5, 5.41) is 0. The fourth-order valence-electron chi connectivity index (χ4n) is 5.23. The number of esters is 1. The molecule has 0 aromatic heterocycles. The largest absolute Gasteiger partial charge is 0.466 e. The molecule has 0 unspecified atom stereocenters. The Bertz CT molecular complexity index is 852. The van der Waals surface area contributed by atoms with E-state index in [1.54, 1.807) is 16.7 Å². The second kappa shape index (κ2) is 9.57. The zero-order chi connectivity index (χ0) is 22.7. The van der Waals surface area contributed by atoms with Crippen molar-refractivity contribution in [2.24, 2.45) is 5.92 Å². The Morgan fingerprint density at radius 3 is 2.53 bits per heavy atom. The molecule has 0 bridgehead atoms.